The fourth-order valence-corrected chi connectivity index (χ4v) is 2.48. The molecule has 0 aliphatic heterocycles. The fourth-order valence-electron chi connectivity index (χ4n) is 2.48. The number of ether oxygens (including phenoxy) is 2. The molecule has 0 bridgehead atoms. The van der Waals surface area contributed by atoms with Gasteiger partial charge in [-0.05, 0) is 55.5 Å². The van der Waals surface area contributed by atoms with Crippen molar-refractivity contribution in [3.8, 4) is 11.5 Å². The van der Waals surface area contributed by atoms with Crippen LogP contribution in [0.15, 0.2) is 66.9 Å². The number of nitrogens with one attached hydrogen (secondary N) is 2. The number of hydrogen-bond donors (Lipinski definition) is 2. The quantitative estimate of drug-likeness (QED) is 0.647. The van der Waals surface area contributed by atoms with E-state index >= 15 is 0 Å². The maximum atomic E-state index is 12.3. The van der Waals surface area contributed by atoms with Gasteiger partial charge in [-0.15, -0.1) is 0 Å². The number of benzene rings is 2. The van der Waals surface area contributed by atoms with Crippen molar-refractivity contribution in [2.45, 2.75) is 6.92 Å². The van der Waals surface area contributed by atoms with Crippen molar-refractivity contribution in [1.29, 1.82) is 0 Å². The summed E-state index contributed by atoms with van der Waals surface area (Å²) in [4.78, 5) is 16.6. The SMILES string of the molecule is CCOc1ccccc1Nc1ccc(NC(=O)c2ccc(OC)cc2)nc1. The van der Waals surface area contributed by atoms with Gasteiger partial charge < -0.3 is 20.1 Å². The van der Waals surface area contributed by atoms with Crippen LogP contribution in [-0.2, 0) is 0 Å². The highest BCUT2D eigenvalue weighted by atomic mass is 16.5. The van der Waals surface area contributed by atoms with E-state index in [4.69, 9.17) is 9.47 Å². The Labute approximate surface area is 158 Å². The van der Waals surface area contributed by atoms with Crippen LogP contribution in [0.2, 0.25) is 0 Å². The topological polar surface area (TPSA) is 72.5 Å². The second-order valence-corrected chi connectivity index (χ2v) is 5.67. The minimum atomic E-state index is -0.229. The normalized spacial score (nSPS) is 10.1. The third kappa shape index (κ3) is 4.76. The van der Waals surface area contributed by atoms with Gasteiger partial charge in [-0.2, -0.15) is 0 Å². The summed E-state index contributed by atoms with van der Waals surface area (Å²) in [5.74, 6) is 1.72. The van der Waals surface area contributed by atoms with Gasteiger partial charge in [0.1, 0.15) is 17.3 Å². The molecule has 3 aromatic rings. The fraction of sp³-hybridized carbons (Fsp3) is 0.143. The number of nitrogens with zero attached hydrogens (tertiary/aromatic N) is 1. The molecule has 0 saturated carbocycles. The van der Waals surface area contributed by atoms with E-state index in [1.165, 1.54) is 0 Å². The van der Waals surface area contributed by atoms with Crippen LogP contribution in [0, 0.1) is 0 Å². The van der Waals surface area contributed by atoms with E-state index in [-0.39, 0.29) is 5.91 Å². The Balaban J connectivity index is 1.65. The second-order valence-electron chi connectivity index (χ2n) is 5.67. The number of rotatable bonds is 7. The Morgan fingerprint density at radius 2 is 1.81 bits per heavy atom. The first kappa shape index (κ1) is 18.3. The standard InChI is InChI=1S/C21H21N3O3/c1-3-27-19-7-5-4-6-18(19)23-16-10-13-20(22-14-16)24-21(25)15-8-11-17(26-2)12-9-15/h4-14,23H,3H2,1-2H3,(H,22,24,25). The first-order valence-corrected chi connectivity index (χ1v) is 8.60. The zero-order valence-corrected chi connectivity index (χ0v) is 15.2. The van der Waals surface area contributed by atoms with Crippen molar-refractivity contribution >= 4 is 23.1 Å². The highest BCUT2D eigenvalue weighted by molar-refractivity contribution is 6.03. The molecule has 0 unspecified atom stereocenters. The molecule has 0 fully saturated rings. The first-order valence-electron chi connectivity index (χ1n) is 8.60. The number of aromatic nitrogens is 1. The van der Waals surface area contributed by atoms with Crippen LogP contribution >= 0.6 is 0 Å². The van der Waals surface area contributed by atoms with Crippen LogP contribution in [0.1, 0.15) is 17.3 Å². The third-order valence-corrected chi connectivity index (χ3v) is 3.82. The number of carbonyl (C=O) groups is 1. The number of pyridine rings is 1. The molecule has 2 N–H and O–H groups in total. The van der Waals surface area contributed by atoms with Gasteiger partial charge in [0.25, 0.3) is 5.91 Å². The average Bonchev–Trinajstić information content (AvgIpc) is 2.71. The lowest BCUT2D eigenvalue weighted by atomic mass is 10.2. The van der Waals surface area contributed by atoms with E-state index in [0.29, 0.717) is 23.7 Å². The average molecular weight is 363 g/mol. The summed E-state index contributed by atoms with van der Waals surface area (Å²) in [6.45, 7) is 2.53. The third-order valence-electron chi connectivity index (χ3n) is 3.82. The molecule has 0 spiro atoms. The summed E-state index contributed by atoms with van der Waals surface area (Å²) in [6.07, 6.45) is 1.66. The lowest BCUT2D eigenvalue weighted by molar-refractivity contribution is 0.102. The van der Waals surface area contributed by atoms with Crippen LogP contribution in [0.4, 0.5) is 17.2 Å². The number of hydrogen-bond acceptors (Lipinski definition) is 5. The maximum Gasteiger partial charge on any atom is 0.256 e. The van der Waals surface area contributed by atoms with Gasteiger partial charge in [0, 0.05) is 5.56 Å². The molecule has 1 heterocycles. The number of para-hydroxylation sites is 2. The molecule has 6 nitrogen and oxygen atoms in total. The summed E-state index contributed by atoms with van der Waals surface area (Å²) in [5.41, 5.74) is 2.19. The smallest absolute Gasteiger partial charge is 0.256 e. The lowest BCUT2D eigenvalue weighted by Crippen LogP contribution is -2.12. The maximum absolute atomic E-state index is 12.3. The molecule has 0 atom stereocenters. The lowest BCUT2D eigenvalue weighted by Gasteiger charge is -2.12. The van der Waals surface area contributed by atoms with Crippen LogP contribution in [0.25, 0.3) is 0 Å². The minimum Gasteiger partial charge on any atom is -0.497 e. The number of anilines is 3. The number of methoxy groups -OCH3 is 1. The van der Waals surface area contributed by atoms with Crippen molar-refractivity contribution in [3.63, 3.8) is 0 Å². The summed E-state index contributed by atoms with van der Waals surface area (Å²) in [5, 5.41) is 6.04. The van der Waals surface area contributed by atoms with Crippen molar-refractivity contribution in [2.24, 2.45) is 0 Å². The Hall–Kier alpha value is -3.54. The highest BCUT2D eigenvalue weighted by Gasteiger charge is 2.08. The summed E-state index contributed by atoms with van der Waals surface area (Å²) < 4.78 is 10.7. The van der Waals surface area contributed by atoms with E-state index in [9.17, 15) is 4.79 Å². The summed E-state index contributed by atoms with van der Waals surface area (Å²) in [6, 6.07) is 18.2. The zero-order valence-electron chi connectivity index (χ0n) is 15.2. The van der Waals surface area contributed by atoms with Gasteiger partial charge in [-0.1, -0.05) is 12.1 Å². The number of amides is 1. The Bertz CT molecular complexity index is 893. The molecule has 27 heavy (non-hydrogen) atoms. The molecule has 0 saturated heterocycles. The van der Waals surface area contributed by atoms with E-state index < -0.39 is 0 Å². The molecular weight excluding hydrogens is 342 g/mol. The molecule has 6 heteroatoms. The molecule has 2 aromatic carbocycles. The Morgan fingerprint density at radius 3 is 2.48 bits per heavy atom. The predicted octanol–water partition coefficient (Wildman–Crippen LogP) is 4.48. The molecule has 1 amide bonds. The van der Waals surface area contributed by atoms with E-state index in [0.717, 1.165) is 17.1 Å². The Morgan fingerprint density at radius 1 is 1.04 bits per heavy atom. The molecule has 0 aliphatic rings. The van der Waals surface area contributed by atoms with Crippen LogP contribution in [0.3, 0.4) is 0 Å². The predicted molar refractivity (Wildman–Crippen MR) is 106 cm³/mol. The van der Waals surface area contributed by atoms with Crippen LogP contribution in [0.5, 0.6) is 11.5 Å². The monoisotopic (exact) mass is 363 g/mol. The molecule has 3 rings (SSSR count). The van der Waals surface area contributed by atoms with Gasteiger partial charge in [-0.25, -0.2) is 4.98 Å². The molecule has 0 aliphatic carbocycles. The number of carbonyl (C=O) groups excluding carboxylic acids is 1. The van der Waals surface area contributed by atoms with Gasteiger partial charge >= 0.3 is 0 Å². The second kappa shape index (κ2) is 8.71. The van der Waals surface area contributed by atoms with Crippen molar-refractivity contribution in [2.75, 3.05) is 24.4 Å². The van der Waals surface area contributed by atoms with E-state index in [1.807, 2.05) is 37.3 Å². The van der Waals surface area contributed by atoms with E-state index in [2.05, 4.69) is 15.6 Å². The minimum absolute atomic E-state index is 0.229. The van der Waals surface area contributed by atoms with Gasteiger partial charge in [0.2, 0.25) is 0 Å². The largest absolute Gasteiger partial charge is 0.497 e. The van der Waals surface area contributed by atoms with Gasteiger partial charge in [0.05, 0.1) is 31.3 Å². The van der Waals surface area contributed by atoms with E-state index in [1.54, 1.807) is 43.6 Å². The molecule has 0 radical (unpaired) electrons. The molecular formula is C21H21N3O3. The van der Waals surface area contributed by atoms with Gasteiger partial charge in [0.15, 0.2) is 0 Å². The van der Waals surface area contributed by atoms with Crippen molar-refractivity contribution in [1.82, 2.24) is 4.98 Å². The van der Waals surface area contributed by atoms with Gasteiger partial charge in [-0.3, -0.25) is 4.79 Å². The molecule has 138 valence electrons. The molecule has 1 aromatic heterocycles. The van der Waals surface area contributed by atoms with Crippen LogP contribution < -0.4 is 20.1 Å². The van der Waals surface area contributed by atoms with Crippen molar-refractivity contribution < 1.29 is 14.3 Å². The highest BCUT2D eigenvalue weighted by Crippen LogP contribution is 2.27. The van der Waals surface area contributed by atoms with Crippen molar-refractivity contribution in [3.05, 3.63) is 72.4 Å². The summed E-state index contributed by atoms with van der Waals surface area (Å²) in [7, 11) is 1.58. The zero-order chi connectivity index (χ0) is 19.1. The Kier molecular flexibility index (Phi) is 5.89. The van der Waals surface area contributed by atoms with Crippen LogP contribution in [-0.4, -0.2) is 24.6 Å². The summed E-state index contributed by atoms with van der Waals surface area (Å²) >= 11 is 0. The first-order chi connectivity index (χ1) is 13.2.